The first-order chi connectivity index (χ1) is 12.2. The smallest absolute Gasteiger partial charge is 0.271 e. The summed E-state index contributed by atoms with van der Waals surface area (Å²) in [4.78, 5) is 14.5. The molecule has 130 valence electrons. The first kappa shape index (κ1) is 17.0. The van der Waals surface area contributed by atoms with Gasteiger partial charge in [0.15, 0.2) is 0 Å². The summed E-state index contributed by atoms with van der Waals surface area (Å²) >= 11 is 0. The van der Waals surface area contributed by atoms with Crippen molar-refractivity contribution in [2.24, 2.45) is 5.10 Å². The van der Waals surface area contributed by atoms with Gasteiger partial charge in [-0.25, -0.2) is 5.43 Å². The number of ether oxygens (including phenoxy) is 1. The summed E-state index contributed by atoms with van der Waals surface area (Å²) < 4.78 is 5.08. The monoisotopic (exact) mass is 337 g/mol. The van der Waals surface area contributed by atoms with Crippen LogP contribution in [0.15, 0.2) is 47.6 Å². The molecule has 0 bridgehead atoms. The van der Waals surface area contributed by atoms with Crippen molar-refractivity contribution in [1.29, 1.82) is 0 Å². The van der Waals surface area contributed by atoms with Crippen molar-refractivity contribution in [2.45, 2.75) is 19.8 Å². The fraction of sp³-hybridized carbons (Fsp3) is 0.300. The van der Waals surface area contributed by atoms with E-state index >= 15 is 0 Å². The largest absolute Gasteiger partial charge is 0.497 e. The molecule has 5 heteroatoms. The molecule has 0 atom stereocenters. The maximum atomic E-state index is 12.1. The summed E-state index contributed by atoms with van der Waals surface area (Å²) in [6.07, 6.45) is 4.21. The lowest BCUT2D eigenvalue weighted by Crippen LogP contribution is -2.18. The standard InChI is InChI=1S/C20H23N3O2/c1-15-13-18(23-11-3-4-12-23)8-5-17(15)14-21-22-20(24)16-6-9-19(25-2)10-7-16/h5-10,13-14H,3-4,11-12H2,1-2H3,(H,22,24)/b21-14-. The lowest BCUT2D eigenvalue weighted by Gasteiger charge is -2.18. The van der Waals surface area contributed by atoms with E-state index < -0.39 is 0 Å². The molecule has 1 amide bonds. The second-order valence-corrected chi connectivity index (χ2v) is 6.16. The predicted octanol–water partition coefficient (Wildman–Crippen LogP) is 3.37. The van der Waals surface area contributed by atoms with E-state index in [9.17, 15) is 4.79 Å². The van der Waals surface area contributed by atoms with Gasteiger partial charge in [0.1, 0.15) is 5.75 Å². The molecule has 25 heavy (non-hydrogen) atoms. The fourth-order valence-electron chi connectivity index (χ4n) is 2.94. The molecule has 1 saturated heterocycles. The molecule has 5 nitrogen and oxygen atoms in total. The quantitative estimate of drug-likeness (QED) is 0.672. The average Bonchev–Trinajstić information content (AvgIpc) is 3.17. The Balaban J connectivity index is 1.62. The van der Waals surface area contributed by atoms with Gasteiger partial charge >= 0.3 is 0 Å². The van der Waals surface area contributed by atoms with Gasteiger partial charge in [0.2, 0.25) is 0 Å². The third-order valence-electron chi connectivity index (χ3n) is 4.45. The summed E-state index contributed by atoms with van der Waals surface area (Å²) in [6, 6.07) is 13.3. The molecule has 1 aliphatic heterocycles. The molecule has 1 N–H and O–H groups in total. The van der Waals surface area contributed by atoms with E-state index in [1.807, 2.05) is 6.07 Å². The normalized spacial score (nSPS) is 14.1. The van der Waals surface area contributed by atoms with E-state index in [0.717, 1.165) is 24.2 Å². The van der Waals surface area contributed by atoms with Crippen molar-refractivity contribution < 1.29 is 9.53 Å². The Hall–Kier alpha value is -2.82. The molecule has 0 unspecified atom stereocenters. The lowest BCUT2D eigenvalue weighted by atomic mass is 10.1. The zero-order chi connectivity index (χ0) is 17.6. The molecule has 1 aliphatic rings. The SMILES string of the molecule is COc1ccc(C(=O)N/N=C\c2ccc(N3CCCC3)cc2C)cc1. The number of anilines is 1. The molecule has 1 fully saturated rings. The molecule has 0 aliphatic carbocycles. The van der Waals surface area contributed by atoms with E-state index in [1.165, 1.54) is 18.5 Å². The number of carbonyl (C=O) groups excluding carboxylic acids is 1. The highest BCUT2D eigenvalue weighted by atomic mass is 16.5. The van der Waals surface area contributed by atoms with Gasteiger partial charge in [-0.15, -0.1) is 0 Å². The minimum atomic E-state index is -0.245. The maximum Gasteiger partial charge on any atom is 0.271 e. The number of carbonyl (C=O) groups is 1. The van der Waals surface area contributed by atoms with Crippen molar-refractivity contribution >= 4 is 17.8 Å². The van der Waals surface area contributed by atoms with Crippen LogP contribution in [0.3, 0.4) is 0 Å². The Labute approximate surface area is 148 Å². The van der Waals surface area contributed by atoms with Crippen LogP contribution >= 0.6 is 0 Å². The molecular weight excluding hydrogens is 314 g/mol. The number of amides is 1. The van der Waals surface area contributed by atoms with Gasteiger partial charge in [-0.2, -0.15) is 5.10 Å². The summed E-state index contributed by atoms with van der Waals surface area (Å²) in [6.45, 7) is 4.32. The van der Waals surface area contributed by atoms with E-state index in [1.54, 1.807) is 37.6 Å². The molecular formula is C20H23N3O2. The third-order valence-corrected chi connectivity index (χ3v) is 4.45. The van der Waals surface area contributed by atoms with Crippen LogP contribution < -0.4 is 15.1 Å². The van der Waals surface area contributed by atoms with Gasteiger partial charge in [0.05, 0.1) is 13.3 Å². The van der Waals surface area contributed by atoms with Crippen molar-refractivity contribution in [3.63, 3.8) is 0 Å². The number of nitrogens with zero attached hydrogens (tertiary/aromatic N) is 2. The number of aryl methyl sites for hydroxylation is 1. The Bertz CT molecular complexity index is 763. The topological polar surface area (TPSA) is 53.9 Å². The summed E-state index contributed by atoms with van der Waals surface area (Å²) in [7, 11) is 1.59. The Morgan fingerprint density at radius 2 is 1.88 bits per heavy atom. The van der Waals surface area contributed by atoms with Crippen LogP contribution in [0.25, 0.3) is 0 Å². The Kier molecular flexibility index (Phi) is 5.33. The molecule has 0 radical (unpaired) electrons. The first-order valence-electron chi connectivity index (χ1n) is 8.50. The number of rotatable bonds is 5. The first-order valence-corrected chi connectivity index (χ1v) is 8.50. The Morgan fingerprint density at radius 3 is 2.52 bits per heavy atom. The number of hydrazone groups is 1. The molecule has 2 aromatic carbocycles. The van der Waals surface area contributed by atoms with Crippen LogP contribution in [0, 0.1) is 6.92 Å². The summed E-state index contributed by atoms with van der Waals surface area (Å²) in [5.41, 5.74) is 6.50. The highest BCUT2D eigenvalue weighted by Gasteiger charge is 2.12. The van der Waals surface area contributed by atoms with E-state index in [-0.39, 0.29) is 5.91 Å². The van der Waals surface area contributed by atoms with Gasteiger partial charge in [0.25, 0.3) is 5.91 Å². The lowest BCUT2D eigenvalue weighted by molar-refractivity contribution is 0.0955. The van der Waals surface area contributed by atoms with Crippen LogP contribution in [-0.2, 0) is 0 Å². The Morgan fingerprint density at radius 1 is 1.16 bits per heavy atom. The molecule has 0 aromatic heterocycles. The highest BCUT2D eigenvalue weighted by Crippen LogP contribution is 2.22. The van der Waals surface area contributed by atoms with Crippen LogP contribution in [0.4, 0.5) is 5.69 Å². The van der Waals surface area contributed by atoms with Gasteiger partial charge in [-0.3, -0.25) is 4.79 Å². The second-order valence-electron chi connectivity index (χ2n) is 6.16. The molecule has 0 saturated carbocycles. The number of hydrogen-bond acceptors (Lipinski definition) is 4. The molecule has 0 spiro atoms. The van der Waals surface area contributed by atoms with E-state index in [4.69, 9.17) is 4.74 Å². The van der Waals surface area contributed by atoms with E-state index in [2.05, 4.69) is 34.5 Å². The van der Waals surface area contributed by atoms with E-state index in [0.29, 0.717) is 11.3 Å². The average molecular weight is 337 g/mol. The maximum absolute atomic E-state index is 12.1. The summed E-state index contributed by atoms with van der Waals surface area (Å²) in [5, 5.41) is 4.08. The van der Waals surface area contributed by atoms with Crippen LogP contribution in [0.2, 0.25) is 0 Å². The van der Waals surface area contributed by atoms with Gasteiger partial charge in [-0.05, 0) is 67.3 Å². The predicted molar refractivity (Wildman–Crippen MR) is 101 cm³/mol. The second kappa shape index (κ2) is 7.83. The minimum absolute atomic E-state index is 0.245. The van der Waals surface area contributed by atoms with Crippen LogP contribution in [-0.4, -0.2) is 32.3 Å². The molecule has 2 aromatic rings. The number of hydrogen-bond donors (Lipinski definition) is 1. The van der Waals surface area contributed by atoms with Crippen molar-refractivity contribution in [3.05, 3.63) is 59.2 Å². The zero-order valence-electron chi connectivity index (χ0n) is 14.7. The van der Waals surface area contributed by atoms with Crippen molar-refractivity contribution in [2.75, 3.05) is 25.1 Å². The van der Waals surface area contributed by atoms with Crippen molar-refractivity contribution in [1.82, 2.24) is 5.43 Å². The fourth-order valence-corrected chi connectivity index (χ4v) is 2.94. The molecule has 1 heterocycles. The van der Waals surface area contributed by atoms with Gasteiger partial charge < -0.3 is 9.64 Å². The van der Waals surface area contributed by atoms with Crippen molar-refractivity contribution in [3.8, 4) is 5.75 Å². The van der Waals surface area contributed by atoms with Gasteiger partial charge in [0, 0.05) is 24.3 Å². The zero-order valence-corrected chi connectivity index (χ0v) is 14.7. The van der Waals surface area contributed by atoms with Crippen LogP contribution in [0.1, 0.15) is 34.3 Å². The number of methoxy groups -OCH3 is 1. The highest BCUT2D eigenvalue weighted by molar-refractivity contribution is 5.95. The minimum Gasteiger partial charge on any atom is -0.497 e. The van der Waals surface area contributed by atoms with Gasteiger partial charge in [-0.1, -0.05) is 6.07 Å². The third kappa shape index (κ3) is 4.18. The summed E-state index contributed by atoms with van der Waals surface area (Å²) in [5.74, 6) is 0.471. The molecule has 3 rings (SSSR count). The number of benzene rings is 2. The number of nitrogens with one attached hydrogen (secondary N) is 1. The van der Waals surface area contributed by atoms with Crippen LogP contribution in [0.5, 0.6) is 5.75 Å².